The molecule has 0 aromatic carbocycles. The topological polar surface area (TPSA) is 55.3 Å². The first kappa shape index (κ1) is 16.9. The molecule has 1 saturated carbocycles. The number of nitrogens with one attached hydrogen (secondary N) is 2. The lowest BCUT2D eigenvalue weighted by atomic mass is 9.87. The van der Waals surface area contributed by atoms with Crippen molar-refractivity contribution in [2.75, 3.05) is 0 Å². The summed E-state index contributed by atoms with van der Waals surface area (Å²) in [5.41, 5.74) is 0.890. The van der Waals surface area contributed by atoms with Crippen molar-refractivity contribution >= 4 is 6.09 Å². The molecule has 1 amide bonds. The molecule has 0 radical (unpaired) electrons. The third kappa shape index (κ3) is 5.05. The molecule has 1 heterocycles. The van der Waals surface area contributed by atoms with E-state index in [9.17, 15) is 4.79 Å². The summed E-state index contributed by atoms with van der Waals surface area (Å²) >= 11 is 0. The fourth-order valence-corrected chi connectivity index (χ4v) is 2.69. The van der Waals surface area contributed by atoms with E-state index in [1.165, 1.54) is 5.69 Å². The highest BCUT2D eigenvalue weighted by molar-refractivity contribution is 5.68. The number of alkyl carbamates (subject to hydrolysis) is 1. The number of ether oxygens (including phenoxy) is 1. The van der Waals surface area contributed by atoms with Crippen molar-refractivity contribution in [2.24, 2.45) is 0 Å². The standard InChI is InChI=1S/C17H29N3O2/c1-5-8-20-9-6-7-15(20)12-18-13-10-14(11-13)19-16(21)22-17(2,3)4/h6-7,9,13-14,18H,5,8,10-12H2,1-4H3,(H,19,21). The molecule has 5 nitrogen and oxygen atoms in total. The van der Waals surface area contributed by atoms with Crippen LogP contribution in [0.15, 0.2) is 18.3 Å². The van der Waals surface area contributed by atoms with E-state index in [1.807, 2.05) is 20.8 Å². The van der Waals surface area contributed by atoms with Crippen LogP contribution in [0.4, 0.5) is 4.79 Å². The van der Waals surface area contributed by atoms with E-state index in [0.717, 1.165) is 32.4 Å². The van der Waals surface area contributed by atoms with Gasteiger partial charge in [-0.2, -0.15) is 0 Å². The highest BCUT2D eigenvalue weighted by atomic mass is 16.6. The van der Waals surface area contributed by atoms with Crippen LogP contribution >= 0.6 is 0 Å². The number of hydrogen-bond acceptors (Lipinski definition) is 3. The maximum absolute atomic E-state index is 11.7. The molecule has 22 heavy (non-hydrogen) atoms. The molecule has 5 heteroatoms. The van der Waals surface area contributed by atoms with Crippen molar-refractivity contribution in [3.05, 3.63) is 24.0 Å². The fourth-order valence-electron chi connectivity index (χ4n) is 2.69. The highest BCUT2D eigenvalue weighted by Crippen LogP contribution is 2.21. The fraction of sp³-hybridized carbons (Fsp3) is 0.706. The molecule has 0 spiro atoms. The van der Waals surface area contributed by atoms with Crippen molar-refractivity contribution in [3.8, 4) is 0 Å². The molecule has 2 rings (SSSR count). The van der Waals surface area contributed by atoms with Crippen LogP contribution in [-0.4, -0.2) is 28.3 Å². The lowest BCUT2D eigenvalue weighted by Gasteiger charge is -2.36. The van der Waals surface area contributed by atoms with Gasteiger partial charge < -0.3 is 19.9 Å². The molecular weight excluding hydrogens is 278 g/mol. The van der Waals surface area contributed by atoms with E-state index in [4.69, 9.17) is 4.74 Å². The Kier molecular flexibility index (Phi) is 5.51. The monoisotopic (exact) mass is 307 g/mol. The summed E-state index contributed by atoms with van der Waals surface area (Å²) in [4.78, 5) is 11.7. The number of carbonyl (C=O) groups excluding carboxylic acids is 1. The van der Waals surface area contributed by atoms with Crippen LogP contribution in [0.3, 0.4) is 0 Å². The highest BCUT2D eigenvalue weighted by Gasteiger charge is 2.31. The first-order valence-electron chi connectivity index (χ1n) is 8.24. The van der Waals surface area contributed by atoms with Crippen molar-refractivity contribution in [2.45, 2.75) is 77.7 Å². The number of aromatic nitrogens is 1. The van der Waals surface area contributed by atoms with Gasteiger partial charge in [-0.05, 0) is 52.2 Å². The zero-order valence-corrected chi connectivity index (χ0v) is 14.2. The molecule has 1 aromatic rings. The van der Waals surface area contributed by atoms with E-state index in [-0.39, 0.29) is 12.1 Å². The van der Waals surface area contributed by atoms with E-state index in [2.05, 4.69) is 40.5 Å². The average molecular weight is 307 g/mol. The Morgan fingerprint density at radius 3 is 2.73 bits per heavy atom. The number of aryl methyl sites for hydroxylation is 1. The summed E-state index contributed by atoms with van der Waals surface area (Å²) in [6.45, 7) is 9.78. The normalized spacial score (nSPS) is 21.3. The molecular formula is C17H29N3O2. The number of amides is 1. The number of carbonyl (C=O) groups is 1. The van der Waals surface area contributed by atoms with Crippen LogP contribution in [0.2, 0.25) is 0 Å². The Hall–Kier alpha value is -1.49. The minimum atomic E-state index is -0.434. The van der Waals surface area contributed by atoms with Gasteiger partial charge in [0.15, 0.2) is 0 Å². The van der Waals surface area contributed by atoms with Crippen molar-refractivity contribution in [1.29, 1.82) is 0 Å². The zero-order chi connectivity index (χ0) is 16.2. The van der Waals surface area contributed by atoms with E-state index >= 15 is 0 Å². The molecule has 0 saturated heterocycles. The summed E-state index contributed by atoms with van der Waals surface area (Å²) in [5.74, 6) is 0. The van der Waals surface area contributed by atoms with Crippen LogP contribution in [0.25, 0.3) is 0 Å². The van der Waals surface area contributed by atoms with Gasteiger partial charge in [0, 0.05) is 37.1 Å². The molecule has 2 N–H and O–H groups in total. The zero-order valence-electron chi connectivity index (χ0n) is 14.2. The molecule has 0 bridgehead atoms. The first-order valence-corrected chi connectivity index (χ1v) is 8.24. The number of rotatable bonds is 6. The van der Waals surface area contributed by atoms with Crippen molar-refractivity contribution in [1.82, 2.24) is 15.2 Å². The quantitative estimate of drug-likeness (QED) is 0.849. The van der Waals surface area contributed by atoms with Gasteiger partial charge in [0.25, 0.3) is 0 Å². The minimum Gasteiger partial charge on any atom is -0.444 e. The van der Waals surface area contributed by atoms with E-state index in [0.29, 0.717) is 6.04 Å². The molecule has 1 aliphatic rings. The van der Waals surface area contributed by atoms with Gasteiger partial charge in [0.2, 0.25) is 0 Å². The minimum absolute atomic E-state index is 0.231. The molecule has 0 atom stereocenters. The van der Waals surface area contributed by atoms with Gasteiger partial charge >= 0.3 is 6.09 Å². The van der Waals surface area contributed by atoms with Gasteiger partial charge in [0.05, 0.1) is 0 Å². The third-order valence-corrected chi connectivity index (χ3v) is 3.82. The van der Waals surface area contributed by atoms with Crippen LogP contribution in [-0.2, 0) is 17.8 Å². The van der Waals surface area contributed by atoms with Crippen LogP contribution < -0.4 is 10.6 Å². The summed E-state index contributed by atoms with van der Waals surface area (Å²) in [7, 11) is 0. The Balaban J connectivity index is 1.65. The summed E-state index contributed by atoms with van der Waals surface area (Å²) in [5, 5.41) is 6.48. The van der Waals surface area contributed by atoms with Crippen molar-refractivity contribution < 1.29 is 9.53 Å². The number of hydrogen-bond donors (Lipinski definition) is 2. The Morgan fingerprint density at radius 1 is 1.36 bits per heavy atom. The lowest BCUT2D eigenvalue weighted by Crippen LogP contribution is -2.53. The summed E-state index contributed by atoms with van der Waals surface area (Å²) < 4.78 is 7.56. The molecule has 0 aliphatic heterocycles. The van der Waals surface area contributed by atoms with Gasteiger partial charge in [-0.3, -0.25) is 0 Å². The second-order valence-electron chi connectivity index (χ2n) is 7.09. The lowest BCUT2D eigenvalue weighted by molar-refractivity contribution is 0.0465. The Bertz CT molecular complexity index is 484. The Labute approximate surface area is 133 Å². The van der Waals surface area contributed by atoms with Gasteiger partial charge in [-0.15, -0.1) is 0 Å². The maximum atomic E-state index is 11.7. The van der Waals surface area contributed by atoms with E-state index < -0.39 is 5.60 Å². The molecule has 1 fully saturated rings. The molecule has 1 aliphatic carbocycles. The molecule has 124 valence electrons. The average Bonchev–Trinajstić information content (AvgIpc) is 2.77. The predicted molar refractivity (Wildman–Crippen MR) is 87.7 cm³/mol. The largest absolute Gasteiger partial charge is 0.444 e. The Morgan fingerprint density at radius 2 is 2.09 bits per heavy atom. The molecule has 1 aromatic heterocycles. The van der Waals surface area contributed by atoms with E-state index in [1.54, 1.807) is 0 Å². The van der Waals surface area contributed by atoms with Crippen LogP contribution in [0.5, 0.6) is 0 Å². The molecule has 0 unspecified atom stereocenters. The smallest absolute Gasteiger partial charge is 0.407 e. The predicted octanol–water partition coefficient (Wildman–Crippen LogP) is 3.04. The summed E-state index contributed by atoms with van der Waals surface area (Å²) in [6.07, 6.45) is 4.90. The van der Waals surface area contributed by atoms with Crippen LogP contribution in [0, 0.1) is 0 Å². The number of nitrogens with zero attached hydrogens (tertiary/aromatic N) is 1. The third-order valence-electron chi connectivity index (χ3n) is 3.82. The van der Waals surface area contributed by atoms with Gasteiger partial charge in [-0.25, -0.2) is 4.79 Å². The van der Waals surface area contributed by atoms with Crippen molar-refractivity contribution in [3.63, 3.8) is 0 Å². The maximum Gasteiger partial charge on any atom is 0.407 e. The van der Waals surface area contributed by atoms with Gasteiger partial charge in [0.1, 0.15) is 5.60 Å². The SMILES string of the molecule is CCCn1cccc1CNC1CC(NC(=O)OC(C)(C)C)C1. The first-order chi connectivity index (χ1) is 10.4. The van der Waals surface area contributed by atoms with Crippen LogP contribution in [0.1, 0.15) is 52.7 Å². The second kappa shape index (κ2) is 7.18. The summed E-state index contributed by atoms with van der Waals surface area (Å²) in [6, 6.07) is 4.97. The second-order valence-corrected chi connectivity index (χ2v) is 7.09. The van der Waals surface area contributed by atoms with Gasteiger partial charge in [-0.1, -0.05) is 6.92 Å².